The standard InChI is InChI=1S/C16H15F2NO/c1-10-6-14(18)15(7-13(10)17)19-16-9-20-8-11-4-2-3-5-12(11)16/h2-7,16,19H,8-9H2,1H3. The van der Waals surface area contributed by atoms with Gasteiger partial charge in [-0.1, -0.05) is 24.3 Å². The van der Waals surface area contributed by atoms with Gasteiger partial charge in [-0.15, -0.1) is 0 Å². The Morgan fingerprint density at radius 3 is 2.80 bits per heavy atom. The molecule has 0 aromatic heterocycles. The van der Waals surface area contributed by atoms with Crippen LogP contribution in [0.1, 0.15) is 22.7 Å². The minimum absolute atomic E-state index is 0.165. The number of nitrogens with one attached hydrogen (secondary N) is 1. The molecule has 2 aromatic rings. The molecule has 104 valence electrons. The summed E-state index contributed by atoms with van der Waals surface area (Å²) in [5.74, 6) is -0.870. The van der Waals surface area contributed by atoms with Crippen LogP contribution in [-0.4, -0.2) is 6.61 Å². The summed E-state index contributed by atoms with van der Waals surface area (Å²) in [4.78, 5) is 0. The highest BCUT2D eigenvalue weighted by Gasteiger charge is 2.21. The molecule has 0 radical (unpaired) electrons. The molecule has 3 rings (SSSR count). The molecule has 20 heavy (non-hydrogen) atoms. The summed E-state index contributed by atoms with van der Waals surface area (Å²) in [6.45, 7) is 2.53. The Hall–Kier alpha value is -1.94. The van der Waals surface area contributed by atoms with E-state index in [9.17, 15) is 8.78 Å². The van der Waals surface area contributed by atoms with Crippen molar-refractivity contribution < 1.29 is 13.5 Å². The number of benzene rings is 2. The van der Waals surface area contributed by atoms with Gasteiger partial charge in [0.05, 0.1) is 24.9 Å². The second-order valence-electron chi connectivity index (χ2n) is 4.99. The quantitative estimate of drug-likeness (QED) is 0.895. The Morgan fingerprint density at radius 2 is 1.95 bits per heavy atom. The molecule has 0 saturated carbocycles. The average Bonchev–Trinajstić information content (AvgIpc) is 2.45. The van der Waals surface area contributed by atoms with Gasteiger partial charge >= 0.3 is 0 Å². The van der Waals surface area contributed by atoms with Crippen LogP contribution in [0.2, 0.25) is 0 Å². The van der Waals surface area contributed by atoms with E-state index in [1.54, 1.807) is 6.92 Å². The predicted octanol–water partition coefficient (Wildman–Crippen LogP) is 3.96. The molecule has 0 amide bonds. The van der Waals surface area contributed by atoms with E-state index in [1.807, 2.05) is 24.3 Å². The van der Waals surface area contributed by atoms with Crippen LogP contribution in [0, 0.1) is 18.6 Å². The van der Waals surface area contributed by atoms with E-state index >= 15 is 0 Å². The summed E-state index contributed by atoms with van der Waals surface area (Å²) in [5.41, 5.74) is 2.61. The van der Waals surface area contributed by atoms with Crippen LogP contribution in [-0.2, 0) is 11.3 Å². The normalized spacial score (nSPS) is 17.6. The van der Waals surface area contributed by atoms with Crippen molar-refractivity contribution in [2.75, 3.05) is 11.9 Å². The fourth-order valence-corrected chi connectivity index (χ4v) is 2.45. The Morgan fingerprint density at radius 1 is 1.15 bits per heavy atom. The van der Waals surface area contributed by atoms with E-state index in [0.717, 1.165) is 11.1 Å². The van der Waals surface area contributed by atoms with Crippen LogP contribution >= 0.6 is 0 Å². The maximum Gasteiger partial charge on any atom is 0.146 e. The van der Waals surface area contributed by atoms with Crippen LogP contribution in [0.25, 0.3) is 0 Å². The van der Waals surface area contributed by atoms with E-state index in [1.165, 1.54) is 12.1 Å². The van der Waals surface area contributed by atoms with Gasteiger partial charge in [0.1, 0.15) is 11.6 Å². The van der Waals surface area contributed by atoms with E-state index in [-0.39, 0.29) is 11.7 Å². The molecule has 0 bridgehead atoms. The summed E-state index contributed by atoms with van der Waals surface area (Å²) in [5, 5.41) is 3.03. The minimum atomic E-state index is -0.452. The topological polar surface area (TPSA) is 21.3 Å². The summed E-state index contributed by atoms with van der Waals surface area (Å²) < 4.78 is 33.0. The number of rotatable bonds is 2. The molecule has 0 spiro atoms. The SMILES string of the molecule is Cc1cc(F)c(NC2COCc3ccccc32)cc1F. The maximum atomic E-state index is 13.9. The lowest BCUT2D eigenvalue weighted by atomic mass is 9.99. The highest BCUT2D eigenvalue weighted by molar-refractivity contribution is 5.50. The first kappa shape index (κ1) is 13.1. The number of hydrogen-bond donors (Lipinski definition) is 1. The van der Waals surface area contributed by atoms with E-state index in [4.69, 9.17) is 4.74 Å². The van der Waals surface area contributed by atoms with Gasteiger partial charge in [-0.2, -0.15) is 0 Å². The van der Waals surface area contributed by atoms with Crippen molar-refractivity contribution in [1.82, 2.24) is 0 Å². The minimum Gasteiger partial charge on any atom is -0.374 e. The predicted molar refractivity (Wildman–Crippen MR) is 73.6 cm³/mol. The largest absolute Gasteiger partial charge is 0.374 e. The second-order valence-corrected chi connectivity index (χ2v) is 4.99. The Balaban J connectivity index is 1.91. The van der Waals surface area contributed by atoms with Crippen LogP contribution < -0.4 is 5.32 Å². The zero-order chi connectivity index (χ0) is 14.1. The fourth-order valence-electron chi connectivity index (χ4n) is 2.45. The molecule has 1 heterocycles. The number of halogens is 2. The first-order valence-electron chi connectivity index (χ1n) is 6.53. The summed E-state index contributed by atoms with van der Waals surface area (Å²) in [6.07, 6.45) is 0. The van der Waals surface area contributed by atoms with Gasteiger partial charge in [-0.05, 0) is 29.7 Å². The summed E-state index contributed by atoms with van der Waals surface area (Å²) in [6, 6.07) is 10.1. The first-order chi connectivity index (χ1) is 9.65. The molecule has 1 unspecified atom stereocenters. The van der Waals surface area contributed by atoms with Crippen molar-refractivity contribution >= 4 is 5.69 Å². The highest BCUT2D eigenvalue weighted by atomic mass is 19.1. The Labute approximate surface area is 116 Å². The molecule has 2 nitrogen and oxygen atoms in total. The Kier molecular flexibility index (Phi) is 3.40. The van der Waals surface area contributed by atoms with E-state index in [2.05, 4.69) is 5.32 Å². The number of aryl methyl sites for hydroxylation is 1. The van der Waals surface area contributed by atoms with Gasteiger partial charge in [0.2, 0.25) is 0 Å². The smallest absolute Gasteiger partial charge is 0.146 e. The third-order valence-corrected chi connectivity index (χ3v) is 3.55. The van der Waals surface area contributed by atoms with Gasteiger partial charge in [-0.25, -0.2) is 8.78 Å². The molecular weight excluding hydrogens is 260 g/mol. The summed E-state index contributed by atoms with van der Waals surface area (Å²) >= 11 is 0. The molecular formula is C16H15F2NO. The molecule has 1 N–H and O–H groups in total. The van der Waals surface area contributed by atoms with Crippen LogP contribution in [0.3, 0.4) is 0 Å². The number of ether oxygens (including phenoxy) is 1. The zero-order valence-electron chi connectivity index (χ0n) is 11.1. The van der Waals surface area contributed by atoms with Crippen molar-refractivity contribution in [2.24, 2.45) is 0 Å². The number of fused-ring (bicyclic) bond motifs is 1. The molecule has 1 aliphatic heterocycles. The first-order valence-corrected chi connectivity index (χ1v) is 6.53. The van der Waals surface area contributed by atoms with E-state index < -0.39 is 11.6 Å². The van der Waals surface area contributed by atoms with Crippen molar-refractivity contribution in [1.29, 1.82) is 0 Å². The van der Waals surface area contributed by atoms with Gasteiger partial charge < -0.3 is 10.1 Å². The maximum absolute atomic E-state index is 13.9. The lowest BCUT2D eigenvalue weighted by molar-refractivity contribution is 0.0969. The molecule has 4 heteroatoms. The van der Waals surface area contributed by atoms with Gasteiger partial charge in [0.25, 0.3) is 0 Å². The molecule has 0 saturated heterocycles. The second kappa shape index (κ2) is 5.21. The van der Waals surface area contributed by atoms with Crippen molar-refractivity contribution in [3.8, 4) is 0 Å². The van der Waals surface area contributed by atoms with Crippen LogP contribution in [0.15, 0.2) is 36.4 Å². The molecule has 1 aliphatic rings. The fraction of sp³-hybridized carbons (Fsp3) is 0.250. The molecule has 2 aromatic carbocycles. The highest BCUT2D eigenvalue weighted by Crippen LogP contribution is 2.29. The van der Waals surface area contributed by atoms with Gasteiger partial charge in [0.15, 0.2) is 0 Å². The molecule has 1 atom stereocenters. The zero-order valence-corrected chi connectivity index (χ0v) is 11.1. The Bertz CT molecular complexity index is 642. The third-order valence-electron chi connectivity index (χ3n) is 3.55. The average molecular weight is 275 g/mol. The van der Waals surface area contributed by atoms with Gasteiger partial charge in [-0.3, -0.25) is 0 Å². The van der Waals surface area contributed by atoms with E-state index in [0.29, 0.717) is 18.8 Å². The van der Waals surface area contributed by atoms with Crippen molar-refractivity contribution in [3.63, 3.8) is 0 Å². The van der Waals surface area contributed by atoms with Crippen molar-refractivity contribution in [2.45, 2.75) is 19.6 Å². The molecule has 0 fully saturated rings. The lowest BCUT2D eigenvalue weighted by Gasteiger charge is -2.27. The van der Waals surface area contributed by atoms with Gasteiger partial charge in [0, 0.05) is 6.07 Å². The van der Waals surface area contributed by atoms with Crippen LogP contribution in [0.5, 0.6) is 0 Å². The van der Waals surface area contributed by atoms with Crippen LogP contribution in [0.4, 0.5) is 14.5 Å². The lowest BCUT2D eigenvalue weighted by Crippen LogP contribution is -2.23. The number of anilines is 1. The summed E-state index contributed by atoms with van der Waals surface area (Å²) in [7, 11) is 0. The molecule has 0 aliphatic carbocycles. The number of hydrogen-bond acceptors (Lipinski definition) is 2. The third kappa shape index (κ3) is 2.39. The van der Waals surface area contributed by atoms with Crippen molar-refractivity contribution in [3.05, 3.63) is 64.7 Å². The monoisotopic (exact) mass is 275 g/mol.